The predicted molar refractivity (Wildman–Crippen MR) is 251 cm³/mol. The van der Waals surface area contributed by atoms with E-state index in [0.29, 0.717) is 19.4 Å². The highest BCUT2D eigenvalue weighted by Crippen LogP contribution is 2.14. The van der Waals surface area contributed by atoms with Crippen LogP contribution in [0.5, 0.6) is 0 Å². The lowest BCUT2D eigenvalue weighted by molar-refractivity contribution is -0.163. The molecule has 5 heteroatoms. The molecule has 336 valence electrons. The minimum atomic E-state index is -0.548. The summed E-state index contributed by atoms with van der Waals surface area (Å²) in [6.07, 6.45) is 60.7. The minimum absolute atomic E-state index is 0.0716. The van der Waals surface area contributed by atoms with Gasteiger partial charge in [-0.3, -0.25) is 9.59 Å². The Bertz CT molecular complexity index is 1010. The summed E-state index contributed by atoms with van der Waals surface area (Å²) < 4.78 is 17.4. The predicted octanol–water partition coefficient (Wildman–Crippen LogP) is 16.6. The first-order valence-electron chi connectivity index (χ1n) is 24.8. The Hall–Kier alpha value is -2.40. The molecule has 0 fully saturated rings. The highest BCUT2D eigenvalue weighted by Gasteiger charge is 2.17. The van der Waals surface area contributed by atoms with E-state index < -0.39 is 6.10 Å². The van der Waals surface area contributed by atoms with E-state index in [0.717, 1.165) is 89.9 Å². The molecular weight excluding hydrogens is 717 g/mol. The fraction of sp³-hybridized carbons (Fsp3) is 0.774. The van der Waals surface area contributed by atoms with E-state index in [1.54, 1.807) is 0 Å². The zero-order valence-electron chi connectivity index (χ0n) is 38.6. The first kappa shape index (κ1) is 55.6. The number of allylic oxidation sites excluding steroid dienone is 10. The Morgan fingerprint density at radius 3 is 1.28 bits per heavy atom. The van der Waals surface area contributed by atoms with Crippen LogP contribution in [-0.2, 0) is 23.8 Å². The van der Waals surface area contributed by atoms with E-state index in [2.05, 4.69) is 81.5 Å². The van der Waals surface area contributed by atoms with Gasteiger partial charge in [0.25, 0.3) is 0 Å². The van der Waals surface area contributed by atoms with Gasteiger partial charge in [0.15, 0.2) is 6.10 Å². The molecule has 5 nitrogen and oxygen atoms in total. The second-order valence-electron chi connectivity index (χ2n) is 16.3. The molecule has 0 bridgehead atoms. The van der Waals surface area contributed by atoms with E-state index in [1.807, 2.05) is 0 Å². The largest absolute Gasteiger partial charge is 0.462 e. The first-order valence-corrected chi connectivity index (χ1v) is 24.8. The number of esters is 2. The number of rotatable bonds is 45. The fourth-order valence-corrected chi connectivity index (χ4v) is 6.85. The number of carbonyl (C=O) groups is 2. The van der Waals surface area contributed by atoms with Crippen molar-refractivity contribution in [3.8, 4) is 0 Å². The highest BCUT2D eigenvalue weighted by molar-refractivity contribution is 5.70. The van der Waals surface area contributed by atoms with Crippen LogP contribution in [0.25, 0.3) is 0 Å². The molecule has 0 saturated carbocycles. The normalized spacial score (nSPS) is 12.7. The van der Waals surface area contributed by atoms with Crippen molar-refractivity contribution in [2.24, 2.45) is 0 Å². The van der Waals surface area contributed by atoms with Crippen LogP contribution in [-0.4, -0.2) is 37.9 Å². The van der Waals surface area contributed by atoms with Crippen molar-refractivity contribution in [1.29, 1.82) is 0 Å². The number of carbonyl (C=O) groups excluding carboxylic acids is 2. The van der Waals surface area contributed by atoms with E-state index in [4.69, 9.17) is 14.2 Å². The lowest BCUT2D eigenvalue weighted by Crippen LogP contribution is -2.30. The third-order valence-corrected chi connectivity index (χ3v) is 10.5. The van der Waals surface area contributed by atoms with Gasteiger partial charge in [-0.05, 0) is 83.5 Å². The zero-order valence-corrected chi connectivity index (χ0v) is 38.6. The Morgan fingerprint density at radius 1 is 0.397 bits per heavy atom. The fourth-order valence-electron chi connectivity index (χ4n) is 6.85. The van der Waals surface area contributed by atoms with Crippen molar-refractivity contribution >= 4 is 11.9 Å². The van der Waals surface area contributed by atoms with Crippen LogP contribution >= 0.6 is 0 Å². The smallest absolute Gasteiger partial charge is 0.306 e. The third-order valence-electron chi connectivity index (χ3n) is 10.5. The second kappa shape index (κ2) is 49.0. The van der Waals surface area contributed by atoms with E-state index in [1.165, 1.54) is 116 Å². The molecule has 0 saturated heterocycles. The van der Waals surface area contributed by atoms with Crippen LogP contribution in [0.3, 0.4) is 0 Å². The summed E-state index contributed by atoms with van der Waals surface area (Å²) in [6.45, 7) is 7.67. The van der Waals surface area contributed by atoms with Gasteiger partial charge in [0.1, 0.15) is 6.61 Å². The molecule has 0 aliphatic heterocycles. The Balaban J connectivity index is 4.30. The van der Waals surface area contributed by atoms with Gasteiger partial charge in [-0.1, -0.05) is 204 Å². The highest BCUT2D eigenvalue weighted by atomic mass is 16.6. The molecule has 0 aromatic heterocycles. The van der Waals surface area contributed by atoms with Crippen molar-refractivity contribution in [2.75, 3.05) is 19.8 Å². The molecule has 58 heavy (non-hydrogen) atoms. The van der Waals surface area contributed by atoms with Gasteiger partial charge in [0.2, 0.25) is 0 Å². The Morgan fingerprint density at radius 2 is 0.776 bits per heavy atom. The van der Waals surface area contributed by atoms with Crippen LogP contribution in [0.1, 0.15) is 239 Å². The van der Waals surface area contributed by atoms with Gasteiger partial charge in [0.05, 0.1) is 6.61 Å². The molecule has 0 rings (SSSR count). The van der Waals surface area contributed by atoms with Crippen molar-refractivity contribution in [3.63, 3.8) is 0 Å². The van der Waals surface area contributed by atoms with Crippen LogP contribution < -0.4 is 0 Å². The first-order chi connectivity index (χ1) is 28.6. The monoisotopic (exact) mass is 811 g/mol. The molecule has 0 aromatic rings. The number of hydrogen-bond donors (Lipinski definition) is 0. The number of unbranched alkanes of at least 4 members (excludes halogenated alkanes) is 24. The summed E-state index contributed by atoms with van der Waals surface area (Å²) in [5.74, 6) is -0.427. The van der Waals surface area contributed by atoms with Crippen molar-refractivity contribution in [2.45, 2.75) is 245 Å². The third kappa shape index (κ3) is 46.3. The van der Waals surface area contributed by atoms with Crippen LogP contribution in [0.15, 0.2) is 60.8 Å². The van der Waals surface area contributed by atoms with Crippen molar-refractivity contribution in [3.05, 3.63) is 60.8 Å². The second-order valence-corrected chi connectivity index (χ2v) is 16.3. The Kier molecular flexibility index (Phi) is 46.9. The minimum Gasteiger partial charge on any atom is -0.462 e. The van der Waals surface area contributed by atoms with Gasteiger partial charge >= 0.3 is 11.9 Å². The number of ether oxygens (including phenoxy) is 3. The van der Waals surface area contributed by atoms with Gasteiger partial charge in [-0.25, -0.2) is 0 Å². The van der Waals surface area contributed by atoms with Gasteiger partial charge in [-0.15, -0.1) is 0 Å². The maximum atomic E-state index is 12.8. The standard InChI is InChI=1S/C53H94O5/c1-4-7-10-13-16-19-22-25-27-29-31-34-37-40-43-46-52(54)57-50-51(49-56-48-45-42-39-36-33-24-21-18-15-12-9-6-3)58-53(55)47-44-41-38-35-32-30-28-26-23-20-17-14-11-8-5-2/h7,10,16-17,19-20,25-28,51H,4-6,8-9,11-15,18,21-24,29-50H2,1-3H3/b10-7-,19-16-,20-17-,27-25-,28-26-. The average molecular weight is 811 g/mol. The van der Waals surface area contributed by atoms with Gasteiger partial charge in [0, 0.05) is 19.4 Å². The van der Waals surface area contributed by atoms with Gasteiger partial charge in [-0.2, -0.15) is 0 Å². The summed E-state index contributed by atoms with van der Waals surface area (Å²) in [5, 5.41) is 0. The molecule has 0 spiro atoms. The Labute approximate surface area is 360 Å². The van der Waals surface area contributed by atoms with Crippen LogP contribution in [0, 0.1) is 0 Å². The lowest BCUT2D eigenvalue weighted by atomic mass is 10.1. The molecule has 0 heterocycles. The topological polar surface area (TPSA) is 61.8 Å². The summed E-state index contributed by atoms with van der Waals surface area (Å²) in [6, 6.07) is 0. The number of hydrogen-bond acceptors (Lipinski definition) is 5. The molecule has 0 aliphatic carbocycles. The molecule has 0 aliphatic rings. The maximum absolute atomic E-state index is 12.8. The summed E-state index contributed by atoms with van der Waals surface area (Å²) in [7, 11) is 0. The van der Waals surface area contributed by atoms with E-state index >= 15 is 0 Å². The molecule has 0 amide bonds. The van der Waals surface area contributed by atoms with Gasteiger partial charge < -0.3 is 14.2 Å². The van der Waals surface area contributed by atoms with Crippen LogP contribution in [0.4, 0.5) is 0 Å². The average Bonchev–Trinajstić information content (AvgIpc) is 3.22. The van der Waals surface area contributed by atoms with Crippen molar-refractivity contribution in [1.82, 2.24) is 0 Å². The molecular formula is C53H94O5. The van der Waals surface area contributed by atoms with E-state index in [9.17, 15) is 9.59 Å². The summed E-state index contributed by atoms with van der Waals surface area (Å²) in [4.78, 5) is 25.3. The lowest BCUT2D eigenvalue weighted by Gasteiger charge is -2.18. The molecule has 1 unspecified atom stereocenters. The molecule has 0 aromatic carbocycles. The van der Waals surface area contributed by atoms with Crippen LogP contribution in [0.2, 0.25) is 0 Å². The molecule has 1 atom stereocenters. The quantitative estimate of drug-likeness (QED) is 0.0348. The summed E-state index contributed by atoms with van der Waals surface area (Å²) in [5.41, 5.74) is 0. The van der Waals surface area contributed by atoms with Crippen molar-refractivity contribution < 1.29 is 23.8 Å². The van der Waals surface area contributed by atoms with E-state index in [-0.39, 0.29) is 25.2 Å². The molecule has 0 N–H and O–H groups in total. The maximum Gasteiger partial charge on any atom is 0.306 e. The SMILES string of the molecule is CC/C=C\C/C=C\C/C=C\CCCCCCCC(=O)OCC(COCCCCCCCCCCCCCC)OC(=O)CCCCCCC/C=C\C/C=C\CCCCC. The zero-order chi connectivity index (χ0) is 42.1. The molecule has 0 radical (unpaired) electrons. The summed E-state index contributed by atoms with van der Waals surface area (Å²) >= 11 is 0.